The summed E-state index contributed by atoms with van der Waals surface area (Å²) >= 11 is 5.87. The third-order valence-electron chi connectivity index (χ3n) is 5.77. The van der Waals surface area contributed by atoms with Crippen molar-refractivity contribution in [2.24, 2.45) is 0 Å². The second kappa shape index (κ2) is 9.01. The molecule has 162 valence electrons. The van der Waals surface area contributed by atoms with Crippen LogP contribution in [0.1, 0.15) is 36.0 Å². The van der Waals surface area contributed by atoms with Crippen molar-refractivity contribution in [3.05, 3.63) is 77.4 Å². The third kappa shape index (κ3) is 4.46. The molecule has 0 spiro atoms. The van der Waals surface area contributed by atoms with Gasteiger partial charge in [-0.1, -0.05) is 47.1 Å². The van der Waals surface area contributed by atoms with E-state index in [1.165, 1.54) is 0 Å². The van der Waals surface area contributed by atoms with E-state index in [9.17, 15) is 4.79 Å². The first kappa shape index (κ1) is 20.5. The van der Waals surface area contributed by atoms with Crippen LogP contribution in [0, 0.1) is 0 Å². The van der Waals surface area contributed by atoms with Crippen molar-refractivity contribution in [1.29, 1.82) is 0 Å². The fourth-order valence-corrected chi connectivity index (χ4v) is 4.19. The Labute approximate surface area is 190 Å². The molecule has 2 heterocycles. The maximum Gasteiger partial charge on any atom is 0.251 e. The number of carbonyl (C=O) groups is 1. The van der Waals surface area contributed by atoms with Crippen LogP contribution < -0.4 is 10.1 Å². The molecule has 4 aromatic rings. The number of ether oxygens (including phenoxy) is 1. The largest absolute Gasteiger partial charge is 0.474 e. The third-order valence-corrected chi connectivity index (χ3v) is 6.00. The molecule has 0 radical (unpaired) electrons. The molecule has 6 nitrogen and oxygen atoms in total. The van der Waals surface area contributed by atoms with Crippen molar-refractivity contribution >= 4 is 28.4 Å². The van der Waals surface area contributed by atoms with Gasteiger partial charge in [-0.05, 0) is 49.9 Å². The summed E-state index contributed by atoms with van der Waals surface area (Å²) in [5.41, 5.74) is 2.26. The highest BCUT2D eigenvalue weighted by Gasteiger charge is 2.24. The van der Waals surface area contributed by atoms with E-state index in [0.717, 1.165) is 42.1 Å². The Kier molecular flexibility index (Phi) is 5.77. The Bertz CT molecular complexity index is 1220. The van der Waals surface area contributed by atoms with Crippen LogP contribution in [0.5, 0.6) is 5.88 Å². The van der Waals surface area contributed by atoms with E-state index in [-0.39, 0.29) is 18.1 Å². The smallest absolute Gasteiger partial charge is 0.251 e. The first-order chi connectivity index (χ1) is 15.7. The summed E-state index contributed by atoms with van der Waals surface area (Å²) in [5.74, 6) is 1.16. The van der Waals surface area contributed by atoms with Crippen molar-refractivity contribution in [2.75, 3.05) is 0 Å². The van der Waals surface area contributed by atoms with Crippen LogP contribution in [0.25, 0.3) is 22.2 Å². The molecule has 1 aliphatic rings. The number of hydrogen-bond acceptors (Lipinski definition) is 5. The van der Waals surface area contributed by atoms with Crippen LogP contribution in [-0.4, -0.2) is 28.2 Å². The molecule has 1 aliphatic carbocycles. The highest BCUT2D eigenvalue weighted by atomic mass is 35.5. The average Bonchev–Trinajstić information content (AvgIpc) is 3.26. The number of halogens is 1. The van der Waals surface area contributed by atoms with E-state index in [1.54, 1.807) is 24.4 Å². The fraction of sp³-hybridized carbons (Fsp3) is 0.240. The number of aromatic nitrogens is 2. The normalized spacial score (nSPS) is 18.4. The van der Waals surface area contributed by atoms with Crippen LogP contribution in [0.4, 0.5) is 0 Å². The summed E-state index contributed by atoms with van der Waals surface area (Å²) < 4.78 is 11.5. The minimum atomic E-state index is -0.0872. The number of amides is 1. The van der Waals surface area contributed by atoms with Gasteiger partial charge in [-0.2, -0.15) is 0 Å². The lowest BCUT2D eigenvalue weighted by molar-refractivity contribution is 0.0890. The molecule has 1 saturated carbocycles. The van der Waals surface area contributed by atoms with E-state index >= 15 is 0 Å². The molecule has 0 atom stereocenters. The number of carbonyl (C=O) groups excluding carboxylic acids is 1. The number of benzene rings is 2. The van der Waals surface area contributed by atoms with E-state index in [0.29, 0.717) is 22.2 Å². The molecule has 0 bridgehead atoms. The molecule has 0 unspecified atom stereocenters. The van der Waals surface area contributed by atoms with Crippen molar-refractivity contribution in [3.8, 4) is 17.2 Å². The molecular formula is C25H22ClN3O3. The second-order valence-electron chi connectivity index (χ2n) is 7.99. The predicted octanol–water partition coefficient (Wildman–Crippen LogP) is 5.66. The number of hydrogen-bond donors (Lipinski definition) is 1. The van der Waals surface area contributed by atoms with Crippen molar-refractivity contribution in [3.63, 3.8) is 0 Å². The molecule has 0 saturated heterocycles. The van der Waals surface area contributed by atoms with Gasteiger partial charge in [0, 0.05) is 29.4 Å². The topological polar surface area (TPSA) is 77.2 Å². The zero-order chi connectivity index (χ0) is 21.9. The predicted molar refractivity (Wildman–Crippen MR) is 123 cm³/mol. The van der Waals surface area contributed by atoms with E-state index in [1.807, 2.05) is 42.5 Å². The van der Waals surface area contributed by atoms with Crippen molar-refractivity contribution < 1.29 is 14.1 Å². The Hall–Kier alpha value is -3.38. The Balaban J connectivity index is 1.22. The lowest BCUT2D eigenvalue weighted by Crippen LogP contribution is -2.39. The zero-order valence-corrected chi connectivity index (χ0v) is 18.1. The average molecular weight is 448 g/mol. The Morgan fingerprint density at radius 2 is 1.84 bits per heavy atom. The lowest BCUT2D eigenvalue weighted by Gasteiger charge is -2.29. The van der Waals surface area contributed by atoms with Gasteiger partial charge in [-0.25, -0.2) is 4.98 Å². The van der Waals surface area contributed by atoms with Crippen LogP contribution in [0.3, 0.4) is 0 Å². The van der Waals surface area contributed by atoms with Crippen molar-refractivity contribution in [1.82, 2.24) is 15.5 Å². The van der Waals surface area contributed by atoms with Gasteiger partial charge in [0.1, 0.15) is 11.6 Å². The Morgan fingerprint density at radius 3 is 2.59 bits per heavy atom. The maximum atomic E-state index is 12.9. The number of nitrogens with one attached hydrogen (secondary N) is 1. The molecule has 1 N–H and O–H groups in total. The van der Waals surface area contributed by atoms with Crippen LogP contribution >= 0.6 is 11.6 Å². The van der Waals surface area contributed by atoms with Crippen LogP contribution in [-0.2, 0) is 0 Å². The fourth-order valence-electron chi connectivity index (χ4n) is 4.08. The van der Waals surface area contributed by atoms with Crippen LogP contribution in [0.15, 0.2) is 71.4 Å². The maximum absolute atomic E-state index is 12.9. The van der Waals surface area contributed by atoms with Gasteiger partial charge in [0.15, 0.2) is 5.76 Å². The van der Waals surface area contributed by atoms with Crippen molar-refractivity contribution in [2.45, 2.75) is 37.8 Å². The van der Waals surface area contributed by atoms with Gasteiger partial charge in [-0.15, -0.1) is 0 Å². The molecule has 2 aromatic carbocycles. The van der Waals surface area contributed by atoms with E-state index < -0.39 is 0 Å². The highest BCUT2D eigenvalue weighted by Crippen LogP contribution is 2.29. The van der Waals surface area contributed by atoms with Gasteiger partial charge in [0.2, 0.25) is 5.88 Å². The zero-order valence-electron chi connectivity index (χ0n) is 17.3. The molecule has 0 aliphatic heterocycles. The molecule has 2 aromatic heterocycles. The second-order valence-corrected chi connectivity index (χ2v) is 8.43. The standard InChI is InChI=1S/C25H22ClN3O3/c26-18-7-13-23(27-15-18)31-20-10-8-19(9-11-20)28-25(30)17-6-12-22-21(14-17)24(32-29-22)16-4-2-1-3-5-16/h1-7,12-15,19-20H,8-11H2,(H,28,30). The summed E-state index contributed by atoms with van der Waals surface area (Å²) in [7, 11) is 0. The Morgan fingerprint density at radius 1 is 1.03 bits per heavy atom. The van der Waals surface area contributed by atoms with Gasteiger partial charge in [-0.3, -0.25) is 4.79 Å². The van der Waals surface area contributed by atoms with E-state index in [2.05, 4.69) is 15.5 Å². The number of fused-ring (bicyclic) bond motifs is 1. The minimum Gasteiger partial charge on any atom is -0.474 e. The SMILES string of the molecule is O=C(NC1CCC(Oc2ccc(Cl)cn2)CC1)c1ccc2noc(-c3ccccc3)c2c1. The first-order valence-electron chi connectivity index (χ1n) is 10.7. The molecule has 7 heteroatoms. The molecular weight excluding hydrogens is 426 g/mol. The van der Waals surface area contributed by atoms with Gasteiger partial charge >= 0.3 is 0 Å². The first-order valence-corrected chi connectivity index (χ1v) is 11.1. The van der Waals surface area contributed by atoms with Gasteiger partial charge in [0.05, 0.1) is 10.4 Å². The molecule has 1 fully saturated rings. The monoisotopic (exact) mass is 447 g/mol. The summed E-state index contributed by atoms with van der Waals surface area (Å²) in [6.07, 6.45) is 5.11. The van der Waals surface area contributed by atoms with E-state index in [4.69, 9.17) is 20.9 Å². The summed E-state index contributed by atoms with van der Waals surface area (Å²) in [4.78, 5) is 17.1. The highest BCUT2D eigenvalue weighted by molar-refractivity contribution is 6.30. The summed E-state index contributed by atoms with van der Waals surface area (Å²) in [6, 6.07) is 18.9. The number of rotatable bonds is 5. The number of pyridine rings is 1. The van der Waals surface area contributed by atoms with Crippen LogP contribution in [0.2, 0.25) is 5.02 Å². The molecule has 1 amide bonds. The van der Waals surface area contributed by atoms with Gasteiger partial charge < -0.3 is 14.6 Å². The molecule has 5 rings (SSSR count). The molecule has 32 heavy (non-hydrogen) atoms. The quantitative estimate of drug-likeness (QED) is 0.427. The lowest BCUT2D eigenvalue weighted by atomic mass is 9.92. The number of nitrogens with zero attached hydrogens (tertiary/aromatic N) is 2. The summed E-state index contributed by atoms with van der Waals surface area (Å²) in [5, 5.41) is 8.71. The van der Waals surface area contributed by atoms with Gasteiger partial charge in [0.25, 0.3) is 5.91 Å². The minimum absolute atomic E-state index is 0.0872. The summed E-state index contributed by atoms with van der Waals surface area (Å²) in [6.45, 7) is 0.